The van der Waals surface area contributed by atoms with Crippen LogP contribution in [0.15, 0.2) is 53.5 Å². The molecule has 0 atom stereocenters. The number of hydrogen-bond acceptors (Lipinski definition) is 4. The molecule has 154 valence electrons. The number of anilines is 1. The molecule has 2 aromatic rings. The van der Waals surface area contributed by atoms with E-state index in [9.17, 15) is 0 Å². The van der Waals surface area contributed by atoms with Gasteiger partial charge in [0, 0.05) is 45.5 Å². The Morgan fingerprint density at radius 2 is 1.75 bits per heavy atom. The Labute approximate surface area is 184 Å². The molecular weight excluding hydrogens is 469 g/mol. The van der Waals surface area contributed by atoms with Crippen molar-refractivity contribution in [2.45, 2.75) is 19.9 Å². The SMILES string of the molecule is CCOc1cccc(CNC(=NC)Nc2cccc(OCCCOC)c2)c1.I. The Morgan fingerprint density at radius 1 is 1.00 bits per heavy atom. The summed E-state index contributed by atoms with van der Waals surface area (Å²) in [5.41, 5.74) is 2.04. The normalized spacial score (nSPS) is 10.8. The summed E-state index contributed by atoms with van der Waals surface area (Å²) in [5.74, 6) is 2.38. The molecule has 0 bridgehead atoms. The first-order valence-electron chi connectivity index (χ1n) is 9.16. The van der Waals surface area contributed by atoms with Crippen LogP contribution >= 0.6 is 24.0 Å². The van der Waals surface area contributed by atoms with E-state index in [0.717, 1.165) is 29.2 Å². The number of nitrogens with zero attached hydrogens (tertiary/aromatic N) is 1. The van der Waals surface area contributed by atoms with Crippen molar-refractivity contribution in [3.05, 3.63) is 54.1 Å². The quantitative estimate of drug-likeness (QED) is 0.221. The van der Waals surface area contributed by atoms with Crippen LogP contribution in [0.25, 0.3) is 0 Å². The van der Waals surface area contributed by atoms with Gasteiger partial charge in [-0.1, -0.05) is 18.2 Å². The summed E-state index contributed by atoms with van der Waals surface area (Å²) in [5, 5.41) is 6.59. The average molecular weight is 499 g/mol. The van der Waals surface area contributed by atoms with Gasteiger partial charge >= 0.3 is 0 Å². The molecule has 0 aliphatic carbocycles. The molecule has 0 aliphatic rings. The van der Waals surface area contributed by atoms with Crippen molar-refractivity contribution >= 4 is 35.6 Å². The first kappa shape index (κ1) is 24.0. The summed E-state index contributed by atoms with van der Waals surface area (Å²) in [7, 11) is 3.44. The van der Waals surface area contributed by atoms with Gasteiger partial charge in [0.05, 0.1) is 13.2 Å². The molecule has 2 N–H and O–H groups in total. The van der Waals surface area contributed by atoms with Gasteiger partial charge in [-0.2, -0.15) is 0 Å². The van der Waals surface area contributed by atoms with E-state index in [1.54, 1.807) is 14.2 Å². The number of methoxy groups -OCH3 is 1. The first-order chi connectivity index (χ1) is 13.2. The monoisotopic (exact) mass is 499 g/mol. The number of ether oxygens (including phenoxy) is 3. The molecule has 0 unspecified atom stereocenters. The molecule has 2 rings (SSSR count). The highest BCUT2D eigenvalue weighted by Gasteiger charge is 2.03. The molecule has 0 saturated heterocycles. The lowest BCUT2D eigenvalue weighted by molar-refractivity contribution is 0.172. The van der Waals surface area contributed by atoms with Crippen LogP contribution in [0.3, 0.4) is 0 Å². The molecule has 0 aromatic heterocycles. The minimum Gasteiger partial charge on any atom is -0.494 e. The van der Waals surface area contributed by atoms with E-state index in [0.29, 0.717) is 32.3 Å². The second-order valence-corrected chi connectivity index (χ2v) is 5.85. The van der Waals surface area contributed by atoms with Crippen LogP contribution in [0.4, 0.5) is 5.69 Å². The maximum atomic E-state index is 5.74. The van der Waals surface area contributed by atoms with Crippen molar-refractivity contribution in [2.75, 3.05) is 39.3 Å². The van der Waals surface area contributed by atoms with Crippen LogP contribution in [-0.2, 0) is 11.3 Å². The largest absolute Gasteiger partial charge is 0.494 e. The average Bonchev–Trinajstić information content (AvgIpc) is 2.69. The zero-order valence-corrected chi connectivity index (χ0v) is 19.1. The number of hydrogen-bond donors (Lipinski definition) is 2. The summed E-state index contributed by atoms with van der Waals surface area (Å²) in [6, 6.07) is 15.8. The fourth-order valence-electron chi connectivity index (χ4n) is 2.47. The predicted molar refractivity (Wildman–Crippen MR) is 125 cm³/mol. The molecule has 2 aromatic carbocycles. The van der Waals surface area contributed by atoms with Gasteiger partial charge < -0.3 is 24.8 Å². The van der Waals surface area contributed by atoms with Crippen LogP contribution in [-0.4, -0.2) is 39.9 Å². The van der Waals surface area contributed by atoms with Crippen LogP contribution in [0.2, 0.25) is 0 Å². The maximum absolute atomic E-state index is 5.74. The van der Waals surface area contributed by atoms with E-state index in [-0.39, 0.29) is 24.0 Å². The molecule has 0 heterocycles. The lowest BCUT2D eigenvalue weighted by Gasteiger charge is -2.14. The van der Waals surface area contributed by atoms with Crippen molar-refractivity contribution in [1.82, 2.24) is 5.32 Å². The third kappa shape index (κ3) is 8.79. The number of halogens is 1. The molecule has 6 nitrogen and oxygen atoms in total. The molecular formula is C21H30IN3O3. The van der Waals surface area contributed by atoms with Crippen LogP contribution in [0.1, 0.15) is 18.9 Å². The fourth-order valence-corrected chi connectivity index (χ4v) is 2.47. The molecule has 28 heavy (non-hydrogen) atoms. The number of nitrogens with one attached hydrogen (secondary N) is 2. The van der Waals surface area contributed by atoms with Gasteiger partial charge in [-0.25, -0.2) is 0 Å². The minimum atomic E-state index is 0. The molecule has 0 spiro atoms. The topological polar surface area (TPSA) is 64.1 Å². The van der Waals surface area contributed by atoms with Crippen molar-refractivity contribution in [3.63, 3.8) is 0 Å². The van der Waals surface area contributed by atoms with E-state index in [1.807, 2.05) is 49.4 Å². The highest BCUT2D eigenvalue weighted by Crippen LogP contribution is 2.18. The summed E-state index contributed by atoms with van der Waals surface area (Å²) in [6.45, 7) is 4.60. The van der Waals surface area contributed by atoms with Gasteiger partial charge in [0.15, 0.2) is 5.96 Å². The first-order valence-corrected chi connectivity index (χ1v) is 9.16. The van der Waals surface area contributed by atoms with Gasteiger partial charge in [0.1, 0.15) is 11.5 Å². The second-order valence-electron chi connectivity index (χ2n) is 5.85. The highest BCUT2D eigenvalue weighted by molar-refractivity contribution is 14.0. The van der Waals surface area contributed by atoms with Gasteiger partial charge in [-0.05, 0) is 36.8 Å². The molecule has 7 heteroatoms. The maximum Gasteiger partial charge on any atom is 0.195 e. The van der Waals surface area contributed by atoms with Crippen LogP contribution in [0.5, 0.6) is 11.5 Å². The van der Waals surface area contributed by atoms with E-state index >= 15 is 0 Å². The Balaban J connectivity index is 0.00000392. The van der Waals surface area contributed by atoms with Gasteiger partial charge in [-0.3, -0.25) is 4.99 Å². The van der Waals surface area contributed by atoms with Crippen molar-refractivity contribution in [3.8, 4) is 11.5 Å². The fraction of sp³-hybridized carbons (Fsp3) is 0.381. The minimum absolute atomic E-state index is 0. The molecule has 0 amide bonds. The third-order valence-electron chi connectivity index (χ3n) is 3.75. The van der Waals surface area contributed by atoms with Crippen LogP contribution < -0.4 is 20.1 Å². The molecule has 0 aliphatic heterocycles. The Kier molecular flexibility index (Phi) is 12.1. The van der Waals surface area contributed by atoms with Crippen molar-refractivity contribution < 1.29 is 14.2 Å². The van der Waals surface area contributed by atoms with E-state index in [1.165, 1.54) is 0 Å². The van der Waals surface area contributed by atoms with E-state index < -0.39 is 0 Å². The zero-order valence-electron chi connectivity index (χ0n) is 16.7. The lowest BCUT2D eigenvalue weighted by atomic mass is 10.2. The summed E-state index contributed by atoms with van der Waals surface area (Å²) in [6.07, 6.45) is 0.859. The van der Waals surface area contributed by atoms with Crippen LogP contribution in [0, 0.1) is 0 Å². The summed E-state index contributed by atoms with van der Waals surface area (Å²) in [4.78, 5) is 4.28. The number of rotatable bonds is 10. The molecule has 0 saturated carbocycles. The second kappa shape index (κ2) is 14.1. The third-order valence-corrected chi connectivity index (χ3v) is 3.75. The van der Waals surface area contributed by atoms with Gasteiger partial charge in [0.25, 0.3) is 0 Å². The highest BCUT2D eigenvalue weighted by atomic mass is 127. The smallest absolute Gasteiger partial charge is 0.195 e. The number of benzene rings is 2. The zero-order chi connectivity index (χ0) is 19.3. The van der Waals surface area contributed by atoms with Gasteiger partial charge in [-0.15, -0.1) is 24.0 Å². The van der Waals surface area contributed by atoms with Gasteiger partial charge in [0.2, 0.25) is 0 Å². The summed E-state index contributed by atoms with van der Waals surface area (Å²) >= 11 is 0. The lowest BCUT2D eigenvalue weighted by Crippen LogP contribution is -2.30. The molecule has 0 radical (unpaired) electrons. The summed E-state index contributed by atoms with van der Waals surface area (Å²) < 4.78 is 16.3. The number of aliphatic imine (C=N–C) groups is 1. The predicted octanol–water partition coefficient (Wildman–Crippen LogP) is 4.31. The van der Waals surface area contributed by atoms with Crippen molar-refractivity contribution in [2.24, 2.45) is 4.99 Å². The van der Waals surface area contributed by atoms with E-state index in [4.69, 9.17) is 14.2 Å². The Morgan fingerprint density at radius 3 is 2.46 bits per heavy atom. The van der Waals surface area contributed by atoms with Crippen molar-refractivity contribution in [1.29, 1.82) is 0 Å². The van der Waals surface area contributed by atoms with E-state index in [2.05, 4.69) is 21.7 Å². The standard InChI is InChI=1S/C21H29N3O3.HI/c1-4-26-19-10-5-8-17(14-19)16-23-21(22-2)24-18-9-6-11-20(15-18)27-13-7-12-25-3;/h5-6,8-11,14-15H,4,7,12-13,16H2,1-3H3,(H2,22,23,24);1H. The Hall–Kier alpha value is -2.00. The molecule has 0 fully saturated rings. The Bertz CT molecular complexity index is 726. The number of guanidine groups is 1.